The van der Waals surface area contributed by atoms with Crippen LogP contribution in [0.4, 0.5) is 13.2 Å². The number of hydrogen-bond acceptors (Lipinski definition) is 6. The maximum absolute atomic E-state index is 12.9. The topological polar surface area (TPSA) is 162 Å². The second kappa shape index (κ2) is 16.7. The number of guanidine groups is 1. The van der Waals surface area contributed by atoms with Crippen LogP contribution in [0.25, 0.3) is 16.7 Å². The number of rotatable bonds is 11. The van der Waals surface area contributed by atoms with Crippen LogP contribution in [-0.2, 0) is 28.4 Å². The maximum atomic E-state index is 12.9. The number of ether oxygens (including phenoxy) is 1. The number of benzene rings is 2. The number of aliphatic imine (C=N–C) groups is 1. The van der Waals surface area contributed by atoms with Crippen LogP contribution in [0.1, 0.15) is 95.8 Å². The summed E-state index contributed by atoms with van der Waals surface area (Å²) >= 11 is 0. The van der Waals surface area contributed by atoms with Crippen molar-refractivity contribution in [3.8, 4) is 5.69 Å². The van der Waals surface area contributed by atoms with E-state index in [4.69, 9.17) is 21.9 Å². The number of alkyl halides is 3. The van der Waals surface area contributed by atoms with Crippen molar-refractivity contribution in [2.24, 2.45) is 22.2 Å². The predicted molar refractivity (Wildman–Crippen MR) is 196 cm³/mol. The summed E-state index contributed by atoms with van der Waals surface area (Å²) < 4.78 is 45.8. The fourth-order valence-electron chi connectivity index (χ4n) is 4.91. The Bertz CT molecular complexity index is 1750. The van der Waals surface area contributed by atoms with Gasteiger partial charge < -0.3 is 32.2 Å². The molecule has 13 heteroatoms. The van der Waals surface area contributed by atoms with Gasteiger partial charge in [-0.15, -0.1) is 0 Å². The zero-order chi connectivity index (χ0) is 37.4. The quantitative estimate of drug-likeness (QED) is 0.0709. The molecular formula is C37H53F3N8O2. The first kappa shape index (κ1) is 40.2. The van der Waals surface area contributed by atoms with E-state index in [1.165, 1.54) is 6.07 Å². The molecule has 0 fully saturated rings. The molecule has 0 bridgehead atoms. The van der Waals surface area contributed by atoms with Gasteiger partial charge in [-0.05, 0) is 79.3 Å². The van der Waals surface area contributed by atoms with E-state index in [-0.39, 0.29) is 41.2 Å². The number of H-pyrrole nitrogens is 1. The van der Waals surface area contributed by atoms with Crippen molar-refractivity contribution in [3.63, 3.8) is 0 Å². The summed E-state index contributed by atoms with van der Waals surface area (Å²) in [5.41, 5.74) is 19.5. The van der Waals surface area contributed by atoms with Crippen LogP contribution >= 0.6 is 0 Å². The van der Waals surface area contributed by atoms with E-state index in [1.54, 1.807) is 17.6 Å². The molecule has 4 aromatic rings. The van der Waals surface area contributed by atoms with Gasteiger partial charge in [-0.1, -0.05) is 59.7 Å². The van der Waals surface area contributed by atoms with Gasteiger partial charge in [0.15, 0.2) is 5.96 Å². The first-order valence-electron chi connectivity index (χ1n) is 16.7. The molecule has 0 aliphatic rings. The van der Waals surface area contributed by atoms with Crippen LogP contribution in [0.15, 0.2) is 64.5 Å². The highest BCUT2D eigenvalue weighted by Gasteiger charge is 2.32. The normalized spacial score (nSPS) is 13.4. The van der Waals surface area contributed by atoms with Crippen molar-refractivity contribution in [3.05, 3.63) is 93.2 Å². The number of halogens is 3. The Morgan fingerprint density at radius 1 is 0.980 bits per heavy atom. The largest absolute Gasteiger partial charge is 0.416 e. The highest BCUT2D eigenvalue weighted by molar-refractivity contribution is 5.76. The fraction of sp³-hybridized carbons (Fsp3) is 0.486. The van der Waals surface area contributed by atoms with Gasteiger partial charge >= 0.3 is 11.9 Å². The minimum atomic E-state index is -4.35. The summed E-state index contributed by atoms with van der Waals surface area (Å²) in [7, 11) is 0. The minimum Gasteiger partial charge on any atom is -0.373 e. The van der Waals surface area contributed by atoms with E-state index >= 15 is 0 Å². The number of aromatic nitrogens is 3. The third-order valence-electron chi connectivity index (χ3n) is 8.12. The van der Waals surface area contributed by atoms with E-state index in [9.17, 15) is 18.0 Å². The first-order chi connectivity index (χ1) is 23.2. The van der Waals surface area contributed by atoms with Gasteiger partial charge in [-0.25, -0.2) is 4.79 Å². The monoisotopic (exact) mass is 698 g/mol. The summed E-state index contributed by atoms with van der Waals surface area (Å²) in [5.74, 6) is 0.121. The molecule has 10 nitrogen and oxygen atoms in total. The van der Waals surface area contributed by atoms with E-state index in [0.29, 0.717) is 29.9 Å². The van der Waals surface area contributed by atoms with Crippen LogP contribution < -0.4 is 28.2 Å². The van der Waals surface area contributed by atoms with Crippen molar-refractivity contribution < 1.29 is 17.9 Å². The number of nitrogens with zero attached hydrogens (tertiary/aromatic N) is 3. The van der Waals surface area contributed by atoms with Crippen LogP contribution in [0, 0.1) is 0 Å². The summed E-state index contributed by atoms with van der Waals surface area (Å²) in [5, 5.41) is 4.36. The second-order valence-corrected chi connectivity index (χ2v) is 14.6. The summed E-state index contributed by atoms with van der Waals surface area (Å²) in [4.78, 5) is 24.0. The van der Waals surface area contributed by atoms with Gasteiger partial charge in [0.05, 0.1) is 24.0 Å². The zero-order valence-corrected chi connectivity index (χ0v) is 30.4. The van der Waals surface area contributed by atoms with Crippen LogP contribution in [0.5, 0.6) is 0 Å². The van der Waals surface area contributed by atoms with E-state index in [1.807, 2.05) is 51.2 Å². The third kappa shape index (κ3) is 11.7. The second-order valence-electron chi connectivity index (χ2n) is 14.6. The van der Waals surface area contributed by atoms with Crippen molar-refractivity contribution in [1.29, 1.82) is 0 Å². The molecule has 2 atom stereocenters. The molecule has 0 aliphatic heterocycles. The van der Waals surface area contributed by atoms with Crippen LogP contribution in [-0.4, -0.2) is 46.2 Å². The van der Waals surface area contributed by atoms with Crippen LogP contribution in [0.3, 0.4) is 0 Å². The van der Waals surface area contributed by atoms with Crippen molar-refractivity contribution in [2.75, 3.05) is 19.6 Å². The lowest BCUT2D eigenvalue weighted by Crippen LogP contribution is -2.24. The molecule has 0 saturated heterocycles. The summed E-state index contributed by atoms with van der Waals surface area (Å²) in [6.07, 6.45) is -1.83. The number of nitrogens with one attached hydrogen (secondary N) is 2. The fourth-order valence-corrected chi connectivity index (χ4v) is 4.91. The average Bonchev–Trinajstić information content (AvgIpc) is 3.46. The Hall–Kier alpha value is -4.20. The van der Waals surface area contributed by atoms with Gasteiger partial charge in [-0.3, -0.25) is 9.56 Å². The van der Waals surface area contributed by atoms with Gasteiger partial charge in [0.2, 0.25) is 0 Å². The van der Waals surface area contributed by atoms with E-state index in [0.717, 1.165) is 41.4 Å². The Labute approximate surface area is 292 Å². The smallest absolute Gasteiger partial charge is 0.373 e. The molecule has 0 aliphatic carbocycles. The highest BCUT2D eigenvalue weighted by Crippen LogP contribution is 2.34. The molecule has 2 heterocycles. The summed E-state index contributed by atoms with van der Waals surface area (Å²) in [6.45, 7) is 17.8. The van der Waals surface area contributed by atoms with Gasteiger partial charge in [0, 0.05) is 41.8 Å². The lowest BCUT2D eigenvalue weighted by molar-refractivity contribution is -0.137. The molecule has 0 spiro atoms. The first-order valence-corrected chi connectivity index (χ1v) is 16.7. The Morgan fingerprint density at radius 2 is 1.62 bits per heavy atom. The molecule has 2 aromatic carbocycles. The van der Waals surface area contributed by atoms with Crippen molar-refractivity contribution >= 4 is 17.0 Å². The lowest BCUT2D eigenvalue weighted by atomic mass is 9.85. The maximum Gasteiger partial charge on any atom is 0.416 e. The highest BCUT2D eigenvalue weighted by atomic mass is 19.4. The zero-order valence-electron chi connectivity index (χ0n) is 30.4. The molecule has 8 N–H and O–H groups in total. The SMILES string of the molecule is C[C@@H](CN)OCc1cc(C(C)(C)C)cc(C(F)(F)F)c1.C[C@H](NCCCN=C(N)N)c1ccc(-n2cc3cc(C(C)(C)C)[nH]c3nc2=O)cc1. The molecule has 0 saturated carbocycles. The van der Waals surface area contributed by atoms with Gasteiger partial charge in [0.25, 0.3) is 0 Å². The molecule has 2 aromatic heterocycles. The molecule has 0 unspecified atom stereocenters. The molecule has 50 heavy (non-hydrogen) atoms. The van der Waals surface area contributed by atoms with Crippen molar-refractivity contribution in [1.82, 2.24) is 19.9 Å². The number of aromatic amines is 1. The average molecular weight is 699 g/mol. The molecule has 0 amide bonds. The Kier molecular flexibility index (Phi) is 13.4. The number of hydrogen-bond donors (Lipinski definition) is 5. The molecule has 0 radical (unpaired) electrons. The third-order valence-corrected chi connectivity index (χ3v) is 8.12. The molecule has 274 valence electrons. The number of fused-ring (bicyclic) bond motifs is 1. The molecular weight excluding hydrogens is 645 g/mol. The van der Waals surface area contributed by atoms with Crippen molar-refractivity contribution in [2.45, 2.75) is 97.6 Å². The Balaban J connectivity index is 0.000000295. The Morgan fingerprint density at radius 3 is 2.18 bits per heavy atom. The molecule has 4 rings (SSSR count). The van der Waals surface area contributed by atoms with Crippen LogP contribution in [0.2, 0.25) is 0 Å². The predicted octanol–water partition coefficient (Wildman–Crippen LogP) is 6.19. The minimum absolute atomic E-state index is 0.0390. The standard InChI is InChI=1S/C22H31N7O.C15H22F3NO/c1-14(25-10-5-11-26-20(23)24)15-6-8-17(9-7-15)29-13-16-12-18(22(2,3)4)27-19(16)28-21(29)30;1-10(8-19)20-9-11-5-12(14(2,3)4)7-13(6-11)15(16,17)18/h6-9,12-14,25H,5,10-11H2,1-4H3,(H4,23,24,26)(H,27,28,30);5-7,10H,8-9,19H2,1-4H3/t14-;10-/m00/s1. The van der Waals surface area contributed by atoms with E-state index in [2.05, 4.69) is 54.0 Å². The number of nitrogens with two attached hydrogens (primary N) is 3. The lowest BCUT2D eigenvalue weighted by Gasteiger charge is -2.22. The van der Waals surface area contributed by atoms with Gasteiger partial charge in [0.1, 0.15) is 5.65 Å². The van der Waals surface area contributed by atoms with Gasteiger partial charge in [-0.2, -0.15) is 18.2 Å². The van der Waals surface area contributed by atoms with E-state index < -0.39 is 11.7 Å². The summed E-state index contributed by atoms with van der Waals surface area (Å²) in [6, 6.07) is 14.3.